The Balaban J connectivity index is 2.29. The minimum absolute atomic E-state index is 0.195. The summed E-state index contributed by atoms with van der Waals surface area (Å²) in [4.78, 5) is 4.18. The summed E-state index contributed by atoms with van der Waals surface area (Å²) in [7, 11) is 0. The number of aryl methyl sites for hydroxylation is 1. The fourth-order valence-corrected chi connectivity index (χ4v) is 2.15. The lowest BCUT2D eigenvalue weighted by Gasteiger charge is -2.14. The molecule has 2 aromatic rings. The number of hydrogen-bond acceptors (Lipinski definition) is 3. The Labute approximate surface area is 121 Å². The van der Waals surface area contributed by atoms with Gasteiger partial charge < -0.3 is 10.5 Å². The van der Waals surface area contributed by atoms with Crippen LogP contribution in [0.4, 0.5) is 0 Å². The number of nitrogens with two attached hydrogens (primary N) is 1. The largest absolute Gasteiger partial charge is 0.492 e. The van der Waals surface area contributed by atoms with Crippen LogP contribution in [0.15, 0.2) is 41.1 Å². The third-order valence-corrected chi connectivity index (χ3v) is 3.84. The van der Waals surface area contributed by atoms with Crippen LogP contribution in [-0.2, 0) is 0 Å². The third kappa shape index (κ3) is 3.33. The number of ether oxygens (including phenoxy) is 1. The first-order valence-electron chi connectivity index (χ1n) is 6.21. The molecular formula is C15H17BrN2O. The van der Waals surface area contributed by atoms with Gasteiger partial charge >= 0.3 is 0 Å². The van der Waals surface area contributed by atoms with Crippen molar-refractivity contribution in [3.63, 3.8) is 0 Å². The zero-order valence-corrected chi connectivity index (χ0v) is 12.6. The average molecular weight is 321 g/mol. The SMILES string of the molecule is CCOc1cncc(C(N)c2ccc(Br)c(C)c2)c1. The molecule has 0 fully saturated rings. The summed E-state index contributed by atoms with van der Waals surface area (Å²) in [5, 5.41) is 0. The molecule has 1 atom stereocenters. The van der Waals surface area contributed by atoms with E-state index in [1.165, 1.54) is 5.56 Å². The molecule has 0 saturated carbocycles. The number of nitrogens with zero attached hydrogens (tertiary/aromatic N) is 1. The molecule has 1 aromatic carbocycles. The molecule has 0 bridgehead atoms. The van der Waals surface area contributed by atoms with E-state index in [1.807, 2.05) is 25.1 Å². The lowest BCUT2D eigenvalue weighted by Crippen LogP contribution is -2.12. The van der Waals surface area contributed by atoms with E-state index >= 15 is 0 Å². The van der Waals surface area contributed by atoms with Gasteiger partial charge in [-0.05, 0) is 42.7 Å². The van der Waals surface area contributed by atoms with Gasteiger partial charge in [0, 0.05) is 10.7 Å². The number of rotatable bonds is 4. The number of hydrogen-bond donors (Lipinski definition) is 1. The molecule has 1 unspecified atom stereocenters. The number of halogens is 1. The van der Waals surface area contributed by atoms with Crippen molar-refractivity contribution in [3.05, 3.63) is 57.8 Å². The highest BCUT2D eigenvalue weighted by Gasteiger charge is 2.11. The van der Waals surface area contributed by atoms with Gasteiger partial charge in [0.25, 0.3) is 0 Å². The summed E-state index contributed by atoms with van der Waals surface area (Å²) < 4.78 is 6.54. The van der Waals surface area contributed by atoms with Crippen LogP contribution in [0.25, 0.3) is 0 Å². The van der Waals surface area contributed by atoms with Gasteiger partial charge in [-0.15, -0.1) is 0 Å². The van der Waals surface area contributed by atoms with Crippen LogP contribution in [0, 0.1) is 6.92 Å². The maximum absolute atomic E-state index is 6.29. The molecule has 0 saturated heterocycles. The normalized spacial score (nSPS) is 12.2. The van der Waals surface area contributed by atoms with E-state index in [2.05, 4.69) is 33.9 Å². The second kappa shape index (κ2) is 6.17. The predicted octanol–water partition coefficient (Wildman–Crippen LogP) is 3.60. The molecule has 100 valence electrons. The van der Waals surface area contributed by atoms with Crippen LogP contribution in [0.5, 0.6) is 5.75 Å². The zero-order valence-electron chi connectivity index (χ0n) is 11.1. The summed E-state index contributed by atoms with van der Waals surface area (Å²) >= 11 is 3.49. The zero-order chi connectivity index (χ0) is 13.8. The summed E-state index contributed by atoms with van der Waals surface area (Å²) in [6, 6.07) is 7.87. The van der Waals surface area contributed by atoms with Gasteiger partial charge in [-0.1, -0.05) is 28.1 Å². The molecule has 1 heterocycles. The van der Waals surface area contributed by atoms with Gasteiger partial charge in [0.2, 0.25) is 0 Å². The Hall–Kier alpha value is -1.39. The van der Waals surface area contributed by atoms with E-state index in [4.69, 9.17) is 10.5 Å². The molecule has 1 aromatic heterocycles. The Morgan fingerprint density at radius 1 is 1.26 bits per heavy atom. The molecule has 0 spiro atoms. The Morgan fingerprint density at radius 3 is 2.74 bits per heavy atom. The van der Waals surface area contributed by atoms with Gasteiger partial charge in [0.1, 0.15) is 5.75 Å². The fourth-order valence-electron chi connectivity index (χ4n) is 1.91. The molecule has 3 nitrogen and oxygen atoms in total. The highest BCUT2D eigenvalue weighted by atomic mass is 79.9. The van der Waals surface area contributed by atoms with E-state index in [0.717, 1.165) is 21.3 Å². The lowest BCUT2D eigenvalue weighted by atomic mass is 9.99. The van der Waals surface area contributed by atoms with E-state index in [-0.39, 0.29) is 6.04 Å². The van der Waals surface area contributed by atoms with Crippen LogP contribution in [-0.4, -0.2) is 11.6 Å². The quantitative estimate of drug-likeness (QED) is 0.936. The second-order valence-electron chi connectivity index (χ2n) is 4.37. The maximum Gasteiger partial charge on any atom is 0.137 e. The summed E-state index contributed by atoms with van der Waals surface area (Å²) in [5.41, 5.74) is 9.48. The predicted molar refractivity (Wildman–Crippen MR) is 80.3 cm³/mol. The highest BCUT2D eigenvalue weighted by molar-refractivity contribution is 9.10. The maximum atomic E-state index is 6.29. The third-order valence-electron chi connectivity index (χ3n) is 2.95. The van der Waals surface area contributed by atoms with Crippen molar-refractivity contribution in [2.24, 2.45) is 5.73 Å². The Kier molecular flexibility index (Phi) is 4.56. The van der Waals surface area contributed by atoms with Crippen molar-refractivity contribution in [1.29, 1.82) is 0 Å². The van der Waals surface area contributed by atoms with Gasteiger partial charge in [-0.2, -0.15) is 0 Å². The minimum atomic E-state index is -0.195. The van der Waals surface area contributed by atoms with Crippen LogP contribution >= 0.6 is 15.9 Å². The van der Waals surface area contributed by atoms with Gasteiger partial charge in [-0.25, -0.2) is 0 Å². The monoisotopic (exact) mass is 320 g/mol. The van der Waals surface area contributed by atoms with Gasteiger partial charge in [0.15, 0.2) is 0 Å². The van der Waals surface area contributed by atoms with E-state index in [9.17, 15) is 0 Å². The first-order valence-corrected chi connectivity index (χ1v) is 7.00. The van der Waals surface area contributed by atoms with Gasteiger partial charge in [-0.3, -0.25) is 4.98 Å². The molecule has 2 N–H and O–H groups in total. The number of pyridine rings is 1. The molecule has 2 rings (SSSR count). The number of benzene rings is 1. The van der Waals surface area contributed by atoms with Crippen LogP contribution in [0.1, 0.15) is 29.7 Å². The summed E-state index contributed by atoms with van der Waals surface area (Å²) in [5.74, 6) is 0.754. The summed E-state index contributed by atoms with van der Waals surface area (Å²) in [6.45, 7) is 4.62. The van der Waals surface area contributed by atoms with Crippen molar-refractivity contribution >= 4 is 15.9 Å². The smallest absolute Gasteiger partial charge is 0.137 e. The lowest BCUT2D eigenvalue weighted by molar-refractivity contribution is 0.338. The highest BCUT2D eigenvalue weighted by Crippen LogP contribution is 2.25. The fraction of sp³-hybridized carbons (Fsp3) is 0.267. The van der Waals surface area contributed by atoms with E-state index in [0.29, 0.717) is 6.61 Å². The molecule has 0 aliphatic rings. The molecule has 0 radical (unpaired) electrons. The first kappa shape index (κ1) is 14.0. The van der Waals surface area contributed by atoms with Crippen LogP contribution in [0.2, 0.25) is 0 Å². The van der Waals surface area contributed by atoms with Crippen molar-refractivity contribution < 1.29 is 4.74 Å². The van der Waals surface area contributed by atoms with E-state index in [1.54, 1.807) is 12.4 Å². The number of aromatic nitrogens is 1. The molecule has 0 amide bonds. The van der Waals surface area contributed by atoms with Crippen LogP contribution in [0.3, 0.4) is 0 Å². The molecular weight excluding hydrogens is 304 g/mol. The van der Waals surface area contributed by atoms with E-state index < -0.39 is 0 Å². The Morgan fingerprint density at radius 2 is 2.05 bits per heavy atom. The first-order chi connectivity index (χ1) is 9.11. The minimum Gasteiger partial charge on any atom is -0.492 e. The average Bonchev–Trinajstić information content (AvgIpc) is 2.42. The molecule has 0 aliphatic carbocycles. The molecule has 19 heavy (non-hydrogen) atoms. The Bertz CT molecular complexity index is 572. The second-order valence-corrected chi connectivity index (χ2v) is 5.23. The van der Waals surface area contributed by atoms with Crippen molar-refractivity contribution in [2.75, 3.05) is 6.61 Å². The summed E-state index contributed by atoms with van der Waals surface area (Å²) in [6.07, 6.45) is 3.48. The van der Waals surface area contributed by atoms with Crippen LogP contribution < -0.4 is 10.5 Å². The topological polar surface area (TPSA) is 48.1 Å². The van der Waals surface area contributed by atoms with Crippen molar-refractivity contribution in [2.45, 2.75) is 19.9 Å². The standard InChI is InChI=1S/C15H17BrN2O/c1-3-19-13-7-12(8-18-9-13)15(17)11-4-5-14(16)10(2)6-11/h4-9,15H,3,17H2,1-2H3. The van der Waals surface area contributed by atoms with Crippen molar-refractivity contribution in [3.8, 4) is 5.75 Å². The molecule has 0 aliphatic heterocycles. The molecule has 4 heteroatoms. The van der Waals surface area contributed by atoms with Crippen molar-refractivity contribution in [1.82, 2.24) is 4.98 Å². The van der Waals surface area contributed by atoms with Gasteiger partial charge in [0.05, 0.1) is 18.8 Å².